The topological polar surface area (TPSA) is 66.5 Å². The maximum atomic E-state index is 11.9. The predicted octanol–water partition coefficient (Wildman–Crippen LogP) is 2.61. The molecule has 23 heavy (non-hydrogen) atoms. The van der Waals surface area contributed by atoms with Crippen LogP contribution < -0.4 is 15.5 Å². The monoisotopic (exact) mass is 332 g/mol. The van der Waals surface area contributed by atoms with Crippen molar-refractivity contribution in [1.29, 1.82) is 0 Å². The van der Waals surface area contributed by atoms with E-state index in [0.29, 0.717) is 12.2 Å². The summed E-state index contributed by atoms with van der Waals surface area (Å²) in [7, 11) is 0. The van der Waals surface area contributed by atoms with Crippen LogP contribution in [0.5, 0.6) is 0 Å². The van der Waals surface area contributed by atoms with Crippen LogP contribution >= 0.6 is 11.3 Å². The number of ether oxygens (including phenoxy) is 1. The van der Waals surface area contributed by atoms with E-state index in [1.165, 1.54) is 10.4 Å². The number of amides is 2. The van der Waals surface area contributed by atoms with E-state index in [4.69, 9.17) is 4.74 Å². The number of urea groups is 1. The average molecular weight is 332 g/mol. The van der Waals surface area contributed by atoms with Crippen LogP contribution in [0.2, 0.25) is 0 Å². The summed E-state index contributed by atoms with van der Waals surface area (Å²) in [5.74, 6) is 0.911. The van der Waals surface area contributed by atoms with Gasteiger partial charge in [-0.25, -0.2) is 9.78 Å². The summed E-state index contributed by atoms with van der Waals surface area (Å²) in [6, 6.07) is 5.62. The van der Waals surface area contributed by atoms with Crippen molar-refractivity contribution >= 4 is 28.9 Å². The molecule has 122 valence electrons. The lowest BCUT2D eigenvalue weighted by Gasteiger charge is -2.27. The van der Waals surface area contributed by atoms with E-state index in [9.17, 15) is 4.79 Å². The number of hydrogen-bond acceptors (Lipinski definition) is 5. The highest BCUT2D eigenvalue weighted by Crippen LogP contribution is 2.16. The fraction of sp³-hybridized carbons (Fsp3) is 0.375. The smallest absolute Gasteiger partial charge is 0.319 e. The Labute approximate surface area is 139 Å². The van der Waals surface area contributed by atoms with Crippen LogP contribution in [0.3, 0.4) is 0 Å². The largest absolute Gasteiger partial charge is 0.378 e. The number of anilines is 2. The first-order chi connectivity index (χ1) is 11.2. The molecule has 3 rings (SSSR count). The molecule has 2 N–H and O–H groups in total. The van der Waals surface area contributed by atoms with Crippen molar-refractivity contribution in [3.8, 4) is 0 Å². The van der Waals surface area contributed by atoms with Crippen molar-refractivity contribution < 1.29 is 9.53 Å². The molecule has 0 atom stereocenters. The van der Waals surface area contributed by atoms with E-state index >= 15 is 0 Å². The molecule has 0 aromatic carbocycles. The summed E-state index contributed by atoms with van der Waals surface area (Å²) >= 11 is 1.65. The molecule has 1 saturated heterocycles. The molecule has 0 spiro atoms. The van der Waals surface area contributed by atoms with Crippen LogP contribution in [0.4, 0.5) is 16.3 Å². The highest BCUT2D eigenvalue weighted by atomic mass is 32.1. The number of morpholine rings is 1. The van der Waals surface area contributed by atoms with Gasteiger partial charge in [0.25, 0.3) is 0 Å². The van der Waals surface area contributed by atoms with Crippen molar-refractivity contribution in [2.24, 2.45) is 0 Å². The van der Waals surface area contributed by atoms with Gasteiger partial charge < -0.3 is 20.3 Å². The van der Waals surface area contributed by atoms with E-state index < -0.39 is 0 Å². The number of nitrogens with zero attached hydrogens (tertiary/aromatic N) is 2. The van der Waals surface area contributed by atoms with Crippen LogP contribution in [-0.4, -0.2) is 37.3 Å². The Morgan fingerprint density at radius 2 is 2.17 bits per heavy atom. The number of nitrogens with one attached hydrogen (secondary N) is 2. The minimum atomic E-state index is -0.223. The molecule has 0 aliphatic carbocycles. The quantitative estimate of drug-likeness (QED) is 0.903. The second-order valence-corrected chi connectivity index (χ2v) is 6.34. The summed E-state index contributed by atoms with van der Waals surface area (Å²) in [5.41, 5.74) is 1.88. The second-order valence-electron chi connectivity index (χ2n) is 5.34. The molecular formula is C16H20N4O2S. The molecule has 3 heterocycles. The Balaban J connectivity index is 1.51. The lowest BCUT2D eigenvalue weighted by Crippen LogP contribution is -2.36. The number of carbonyl (C=O) groups excluding carboxylic acids is 1. The van der Waals surface area contributed by atoms with Crippen molar-refractivity contribution in [2.75, 3.05) is 36.5 Å². The molecule has 2 amide bonds. The highest BCUT2D eigenvalue weighted by molar-refractivity contribution is 7.10. The molecule has 7 heteroatoms. The predicted molar refractivity (Wildman–Crippen MR) is 92.2 cm³/mol. The van der Waals surface area contributed by atoms with Crippen LogP contribution in [0.25, 0.3) is 0 Å². The van der Waals surface area contributed by atoms with Gasteiger partial charge in [-0.15, -0.1) is 11.3 Å². The van der Waals surface area contributed by atoms with E-state index in [1.807, 2.05) is 30.5 Å². The zero-order chi connectivity index (χ0) is 16.1. The Bertz CT molecular complexity index is 650. The summed E-state index contributed by atoms with van der Waals surface area (Å²) in [6.07, 6.45) is 1.68. The second kappa shape index (κ2) is 7.43. The minimum absolute atomic E-state index is 0.223. The molecule has 0 saturated carbocycles. The number of pyridine rings is 1. The van der Waals surface area contributed by atoms with Crippen LogP contribution in [0.1, 0.15) is 10.4 Å². The van der Waals surface area contributed by atoms with Gasteiger partial charge in [-0.3, -0.25) is 0 Å². The van der Waals surface area contributed by atoms with Gasteiger partial charge in [-0.05, 0) is 36.1 Å². The van der Waals surface area contributed by atoms with E-state index in [2.05, 4.69) is 20.5 Å². The molecule has 2 aromatic heterocycles. The summed E-state index contributed by atoms with van der Waals surface area (Å²) < 4.78 is 5.33. The number of rotatable bonds is 4. The van der Waals surface area contributed by atoms with Gasteiger partial charge in [-0.2, -0.15) is 0 Å². The molecule has 0 radical (unpaired) electrons. The number of hydrogen-bond donors (Lipinski definition) is 2. The highest BCUT2D eigenvalue weighted by Gasteiger charge is 2.12. The molecule has 1 fully saturated rings. The Kier molecular flexibility index (Phi) is 5.09. The van der Waals surface area contributed by atoms with Gasteiger partial charge in [0.15, 0.2) is 0 Å². The van der Waals surface area contributed by atoms with Gasteiger partial charge >= 0.3 is 6.03 Å². The normalized spacial score (nSPS) is 14.6. The fourth-order valence-corrected chi connectivity index (χ4v) is 3.21. The fourth-order valence-electron chi connectivity index (χ4n) is 2.36. The average Bonchev–Trinajstić information content (AvgIpc) is 3.00. The molecule has 1 aliphatic heterocycles. The van der Waals surface area contributed by atoms with E-state index in [0.717, 1.165) is 32.1 Å². The van der Waals surface area contributed by atoms with Crippen LogP contribution in [-0.2, 0) is 11.3 Å². The Morgan fingerprint density at radius 3 is 2.83 bits per heavy atom. The maximum Gasteiger partial charge on any atom is 0.319 e. The van der Waals surface area contributed by atoms with Crippen LogP contribution in [0.15, 0.2) is 29.8 Å². The van der Waals surface area contributed by atoms with Crippen LogP contribution in [0, 0.1) is 6.92 Å². The first kappa shape index (κ1) is 15.8. The van der Waals surface area contributed by atoms with Gasteiger partial charge in [0.1, 0.15) is 5.82 Å². The lowest BCUT2D eigenvalue weighted by atomic mass is 10.3. The van der Waals surface area contributed by atoms with Gasteiger partial charge in [-0.1, -0.05) is 0 Å². The summed E-state index contributed by atoms with van der Waals surface area (Å²) in [6.45, 7) is 5.73. The van der Waals surface area contributed by atoms with Crippen molar-refractivity contribution in [3.63, 3.8) is 0 Å². The standard InChI is InChI=1S/C16H20N4O2S/c1-12-4-9-23-14(12)11-18-16(21)19-13-2-3-15(17-10-13)20-5-7-22-8-6-20/h2-4,9-10H,5-8,11H2,1H3,(H2,18,19,21). The molecular weight excluding hydrogens is 312 g/mol. The minimum Gasteiger partial charge on any atom is -0.378 e. The summed E-state index contributed by atoms with van der Waals surface area (Å²) in [5, 5.41) is 7.69. The first-order valence-electron chi connectivity index (χ1n) is 7.59. The number of carbonyl (C=O) groups is 1. The van der Waals surface area contributed by atoms with Crippen molar-refractivity contribution in [2.45, 2.75) is 13.5 Å². The zero-order valence-corrected chi connectivity index (χ0v) is 13.9. The lowest BCUT2D eigenvalue weighted by molar-refractivity contribution is 0.122. The van der Waals surface area contributed by atoms with Crippen molar-refractivity contribution in [3.05, 3.63) is 40.2 Å². The third-order valence-corrected chi connectivity index (χ3v) is 4.74. The number of aromatic nitrogens is 1. The molecule has 2 aromatic rings. The third kappa shape index (κ3) is 4.20. The third-order valence-electron chi connectivity index (χ3n) is 3.72. The maximum absolute atomic E-state index is 11.9. The molecule has 1 aliphatic rings. The molecule has 0 bridgehead atoms. The van der Waals surface area contributed by atoms with E-state index in [1.54, 1.807) is 17.5 Å². The van der Waals surface area contributed by atoms with Gasteiger partial charge in [0.2, 0.25) is 0 Å². The molecule has 0 unspecified atom stereocenters. The zero-order valence-electron chi connectivity index (χ0n) is 13.0. The van der Waals surface area contributed by atoms with Crippen molar-refractivity contribution in [1.82, 2.24) is 10.3 Å². The SMILES string of the molecule is Cc1ccsc1CNC(=O)Nc1ccc(N2CCOCC2)nc1. The number of aryl methyl sites for hydroxylation is 1. The Hall–Kier alpha value is -2.12. The van der Waals surface area contributed by atoms with Gasteiger partial charge in [0.05, 0.1) is 31.6 Å². The van der Waals surface area contributed by atoms with E-state index in [-0.39, 0.29) is 6.03 Å². The van der Waals surface area contributed by atoms with Gasteiger partial charge in [0, 0.05) is 18.0 Å². The summed E-state index contributed by atoms with van der Waals surface area (Å²) in [4.78, 5) is 19.7. The first-order valence-corrected chi connectivity index (χ1v) is 8.47. The molecule has 6 nitrogen and oxygen atoms in total. The Morgan fingerprint density at radius 1 is 1.35 bits per heavy atom. The number of thiophene rings is 1.